The van der Waals surface area contributed by atoms with E-state index in [-0.39, 0.29) is 11.7 Å². The van der Waals surface area contributed by atoms with Gasteiger partial charge in [-0.15, -0.1) is 0 Å². The molecule has 0 unspecified atom stereocenters. The van der Waals surface area contributed by atoms with Crippen molar-refractivity contribution in [2.75, 3.05) is 13.6 Å². The third-order valence-electron chi connectivity index (χ3n) is 3.85. The van der Waals surface area contributed by atoms with E-state index < -0.39 is 0 Å². The number of hydrogen-bond acceptors (Lipinski definition) is 2. The maximum absolute atomic E-state index is 13.9. The van der Waals surface area contributed by atoms with Crippen LogP contribution in [-0.4, -0.2) is 24.3 Å². The van der Waals surface area contributed by atoms with Crippen molar-refractivity contribution in [2.24, 2.45) is 11.7 Å². The fourth-order valence-corrected chi connectivity index (χ4v) is 2.83. The molecule has 4 heteroatoms. The van der Waals surface area contributed by atoms with Gasteiger partial charge in [0.15, 0.2) is 0 Å². The fraction of sp³-hybridized carbons (Fsp3) is 0.533. The number of rotatable bonds is 5. The van der Waals surface area contributed by atoms with E-state index >= 15 is 0 Å². The van der Waals surface area contributed by atoms with Crippen molar-refractivity contribution in [2.45, 2.75) is 32.2 Å². The zero-order valence-corrected chi connectivity index (χ0v) is 11.5. The molecule has 1 aliphatic rings. The molecule has 19 heavy (non-hydrogen) atoms. The Labute approximate surface area is 114 Å². The van der Waals surface area contributed by atoms with Crippen molar-refractivity contribution in [3.05, 3.63) is 35.1 Å². The lowest BCUT2D eigenvalue weighted by atomic mass is 10.1. The van der Waals surface area contributed by atoms with Gasteiger partial charge in [0.05, 0.1) is 0 Å². The molecule has 3 N–H and O–H groups in total. The van der Waals surface area contributed by atoms with Gasteiger partial charge in [-0.25, -0.2) is 4.39 Å². The van der Waals surface area contributed by atoms with Crippen LogP contribution in [0.1, 0.15) is 36.8 Å². The molecule has 0 aliphatic heterocycles. The highest BCUT2D eigenvalue weighted by Gasteiger charge is 2.17. The van der Waals surface area contributed by atoms with Gasteiger partial charge >= 0.3 is 0 Å². The van der Waals surface area contributed by atoms with Crippen LogP contribution in [0.4, 0.5) is 4.39 Å². The minimum Gasteiger partial charge on any atom is -0.384 e. The van der Waals surface area contributed by atoms with Crippen molar-refractivity contribution < 1.29 is 4.39 Å². The standard InChI is InChI=1S/C15H22FN3/c1-19(9-11-4-2-3-5-11)10-13-7-6-12(15(17)18)8-14(13)16/h6-8,11H,2-5,9-10H2,1H3,(H3,17,18). The summed E-state index contributed by atoms with van der Waals surface area (Å²) in [7, 11) is 2.04. The van der Waals surface area contributed by atoms with Gasteiger partial charge in [0, 0.05) is 24.2 Å². The van der Waals surface area contributed by atoms with Gasteiger partial charge in [0.2, 0.25) is 0 Å². The van der Waals surface area contributed by atoms with Crippen LogP contribution < -0.4 is 5.73 Å². The molecule has 0 spiro atoms. The largest absolute Gasteiger partial charge is 0.384 e. The predicted molar refractivity (Wildman–Crippen MR) is 75.7 cm³/mol. The molecule has 104 valence electrons. The lowest BCUT2D eigenvalue weighted by Gasteiger charge is -2.21. The van der Waals surface area contributed by atoms with Crippen molar-refractivity contribution in [1.29, 1.82) is 5.41 Å². The van der Waals surface area contributed by atoms with E-state index in [1.165, 1.54) is 31.7 Å². The Hall–Kier alpha value is -1.42. The Morgan fingerprint density at radius 1 is 1.42 bits per heavy atom. The van der Waals surface area contributed by atoms with Gasteiger partial charge in [0.25, 0.3) is 0 Å². The maximum Gasteiger partial charge on any atom is 0.128 e. The van der Waals surface area contributed by atoms with Crippen LogP contribution in [0.3, 0.4) is 0 Å². The Morgan fingerprint density at radius 3 is 2.68 bits per heavy atom. The van der Waals surface area contributed by atoms with Crippen molar-refractivity contribution in [3.8, 4) is 0 Å². The van der Waals surface area contributed by atoms with Crippen molar-refractivity contribution >= 4 is 5.84 Å². The number of benzene rings is 1. The van der Waals surface area contributed by atoms with Gasteiger partial charge in [0.1, 0.15) is 11.7 Å². The second-order valence-electron chi connectivity index (χ2n) is 5.57. The van der Waals surface area contributed by atoms with E-state index in [4.69, 9.17) is 11.1 Å². The summed E-state index contributed by atoms with van der Waals surface area (Å²) in [6.45, 7) is 1.65. The molecule has 1 fully saturated rings. The molecule has 1 saturated carbocycles. The Bertz CT molecular complexity index is 453. The summed E-state index contributed by atoms with van der Waals surface area (Å²) in [5, 5.41) is 7.29. The summed E-state index contributed by atoms with van der Waals surface area (Å²) >= 11 is 0. The zero-order valence-electron chi connectivity index (χ0n) is 11.5. The average molecular weight is 263 g/mol. The van der Waals surface area contributed by atoms with Crippen LogP contribution in [0.2, 0.25) is 0 Å². The summed E-state index contributed by atoms with van der Waals surface area (Å²) in [5.74, 6) is 0.403. The van der Waals surface area contributed by atoms with Crippen LogP contribution in [0.5, 0.6) is 0 Å². The molecule has 1 aromatic carbocycles. The molecule has 3 nitrogen and oxygen atoms in total. The first-order valence-corrected chi connectivity index (χ1v) is 6.87. The monoisotopic (exact) mass is 263 g/mol. The summed E-state index contributed by atoms with van der Waals surface area (Å²) < 4.78 is 13.9. The number of nitrogen functional groups attached to an aromatic ring is 1. The number of amidine groups is 1. The molecule has 1 aromatic rings. The quantitative estimate of drug-likeness (QED) is 0.634. The van der Waals surface area contributed by atoms with Crippen LogP contribution in [0.15, 0.2) is 18.2 Å². The molecule has 0 bridgehead atoms. The minimum atomic E-state index is -0.272. The second kappa shape index (κ2) is 6.15. The van der Waals surface area contributed by atoms with Crippen LogP contribution in [0, 0.1) is 17.1 Å². The minimum absolute atomic E-state index is 0.0928. The molecular formula is C15H22FN3. The van der Waals surface area contributed by atoms with Gasteiger partial charge < -0.3 is 10.6 Å². The van der Waals surface area contributed by atoms with Crippen LogP contribution in [-0.2, 0) is 6.54 Å². The van der Waals surface area contributed by atoms with Gasteiger partial charge in [-0.1, -0.05) is 25.0 Å². The van der Waals surface area contributed by atoms with Gasteiger partial charge in [-0.3, -0.25) is 5.41 Å². The summed E-state index contributed by atoms with van der Waals surface area (Å²) in [5.41, 5.74) is 6.46. The topological polar surface area (TPSA) is 53.1 Å². The second-order valence-corrected chi connectivity index (χ2v) is 5.57. The third-order valence-corrected chi connectivity index (χ3v) is 3.85. The molecule has 0 saturated heterocycles. The molecular weight excluding hydrogens is 241 g/mol. The number of nitrogens with one attached hydrogen (secondary N) is 1. The molecule has 0 atom stereocenters. The zero-order chi connectivity index (χ0) is 13.8. The molecule has 1 aliphatic carbocycles. The van der Waals surface area contributed by atoms with E-state index in [1.807, 2.05) is 7.05 Å². The Morgan fingerprint density at radius 2 is 2.11 bits per heavy atom. The number of hydrogen-bond donors (Lipinski definition) is 2. The maximum atomic E-state index is 13.9. The first-order valence-electron chi connectivity index (χ1n) is 6.87. The lowest BCUT2D eigenvalue weighted by molar-refractivity contribution is 0.268. The number of nitrogens with two attached hydrogens (primary N) is 1. The van der Waals surface area contributed by atoms with E-state index in [2.05, 4.69) is 4.90 Å². The molecule has 0 heterocycles. The smallest absolute Gasteiger partial charge is 0.128 e. The number of halogens is 1. The highest BCUT2D eigenvalue weighted by molar-refractivity contribution is 5.94. The van der Waals surface area contributed by atoms with Crippen LogP contribution >= 0.6 is 0 Å². The Balaban J connectivity index is 1.96. The molecule has 0 aromatic heterocycles. The van der Waals surface area contributed by atoms with Crippen molar-refractivity contribution in [3.63, 3.8) is 0 Å². The van der Waals surface area contributed by atoms with E-state index in [0.29, 0.717) is 17.7 Å². The fourth-order valence-electron chi connectivity index (χ4n) is 2.83. The van der Waals surface area contributed by atoms with E-state index in [0.717, 1.165) is 12.5 Å². The van der Waals surface area contributed by atoms with Gasteiger partial charge in [-0.2, -0.15) is 0 Å². The highest BCUT2D eigenvalue weighted by Crippen LogP contribution is 2.25. The predicted octanol–water partition coefficient (Wildman–Crippen LogP) is 2.73. The SMILES string of the molecule is CN(Cc1ccc(C(=N)N)cc1F)CC1CCCC1. The lowest BCUT2D eigenvalue weighted by Crippen LogP contribution is -2.24. The summed E-state index contributed by atoms with van der Waals surface area (Å²) in [4.78, 5) is 2.18. The molecule has 0 radical (unpaired) electrons. The normalized spacial score (nSPS) is 16.2. The van der Waals surface area contributed by atoms with Crippen molar-refractivity contribution in [1.82, 2.24) is 4.90 Å². The number of nitrogens with zero attached hydrogens (tertiary/aromatic N) is 1. The summed E-state index contributed by atoms with van der Waals surface area (Å²) in [6.07, 6.45) is 5.27. The molecule has 2 rings (SSSR count). The molecule has 0 amide bonds. The first-order chi connectivity index (χ1) is 9.06. The van der Waals surface area contributed by atoms with Gasteiger partial charge in [-0.05, 0) is 31.9 Å². The van der Waals surface area contributed by atoms with Crippen LogP contribution in [0.25, 0.3) is 0 Å². The van der Waals surface area contributed by atoms with E-state index in [9.17, 15) is 4.39 Å². The third kappa shape index (κ3) is 3.77. The summed E-state index contributed by atoms with van der Waals surface area (Å²) in [6, 6.07) is 4.79. The highest BCUT2D eigenvalue weighted by atomic mass is 19.1. The average Bonchev–Trinajstić information content (AvgIpc) is 2.84. The Kier molecular flexibility index (Phi) is 4.53. The first kappa shape index (κ1) is 14.0. The van der Waals surface area contributed by atoms with E-state index in [1.54, 1.807) is 12.1 Å².